The first-order valence-electron chi connectivity index (χ1n) is 7.19. The van der Waals surface area contributed by atoms with Gasteiger partial charge in [-0.2, -0.15) is 12.6 Å². The summed E-state index contributed by atoms with van der Waals surface area (Å²) in [5, 5.41) is 0. The Hall–Kier alpha value is -0.630. The number of thiol groups is 1. The maximum Gasteiger partial charge on any atom is 0.119 e. The van der Waals surface area contributed by atoms with Crippen molar-refractivity contribution >= 4 is 12.6 Å². The molecule has 0 heterocycles. The van der Waals surface area contributed by atoms with E-state index in [4.69, 9.17) is 4.74 Å². The van der Waals surface area contributed by atoms with Gasteiger partial charge in [-0.05, 0) is 49.1 Å². The Morgan fingerprint density at radius 1 is 0.944 bits per heavy atom. The van der Waals surface area contributed by atoms with Crippen LogP contribution in [0.5, 0.6) is 5.75 Å². The SMILES string of the molecule is CCCCc1ccc(OCCCCCCS)cc1. The lowest BCUT2D eigenvalue weighted by Gasteiger charge is -2.07. The average Bonchev–Trinajstić information content (AvgIpc) is 2.42. The first-order valence-corrected chi connectivity index (χ1v) is 7.82. The average molecular weight is 266 g/mol. The van der Waals surface area contributed by atoms with Gasteiger partial charge in [-0.3, -0.25) is 0 Å². The fourth-order valence-corrected chi connectivity index (χ4v) is 2.11. The zero-order chi connectivity index (χ0) is 13.1. The Kier molecular flexibility index (Phi) is 8.83. The fourth-order valence-electron chi connectivity index (χ4n) is 1.89. The second kappa shape index (κ2) is 10.3. The van der Waals surface area contributed by atoms with Gasteiger partial charge < -0.3 is 4.74 Å². The van der Waals surface area contributed by atoms with Crippen LogP contribution in [0.25, 0.3) is 0 Å². The summed E-state index contributed by atoms with van der Waals surface area (Å²) in [6.07, 6.45) is 8.58. The maximum absolute atomic E-state index is 5.73. The van der Waals surface area contributed by atoms with E-state index in [0.29, 0.717) is 0 Å². The van der Waals surface area contributed by atoms with E-state index >= 15 is 0 Å². The summed E-state index contributed by atoms with van der Waals surface area (Å²) in [4.78, 5) is 0. The zero-order valence-electron chi connectivity index (χ0n) is 11.5. The molecule has 0 saturated heterocycles. The normalized spacial score (nSPS) is 10.6. The number of unbranched alkanes of at least 4 members (excludes halogenated alkanes) is 4. The summed E-state index contributed by atoms with van der Waals surface area (Å²) >= 11 is 4.21. The van der Waals surface area contributed by atoms with Crippen molar-refractivity contribution in [2.45, 2.75) is 51.9 Å². The second-order valence-corrected chi connectivity index (χ2v) is 5.18. The summed E-state index contributed by atoms with van der Waals surface area (Å²) in [7, 11) is 0. The summed E-state index contributed by atoms with van der Waals surface area (Å²) in [5.41, 5.74) is 1.41. The van der Waals surface area contributed by atoms with Crippen LogP contribution in [0.15, 0.2) is 24.3 Å². The third-order valence-corrected chi connectivity index (χ3v) is 3.38. The summed E-state index contributed by atoms with van der Waals surface area (Å²) in [6.45, 7) is 3.06. The molecular weight excluding hydrogens is 240 g/mol. The molecule has 0 N–H and O–H groups in total. The van der Waals surface area contributed by atoms with Gasteiger partial charge in [0.1, 0.15) is 5.75 Å². The van der Waals surface area contributed by atoms with Crippen LogP contribution in [-0.4, -0.2) is 12.4 Å². The van der Waals surface area contributed by atoms with Crippen LogP contribution in [0.4, 0.5) is 0 Å². The van der Waals surface area contributed by atoms with E-state index in [-0.39, 0.29) is 0 Å². The quantitative estimate of drug-likeness (QED) is 0.468. The van der Waals surface area contributed by atoms with Crippen LogP contribution in [0.2, 0.25) is 0 Å². The van der Waals surface area contributed by atoms with Gasteiger partial charge in [-0.15, -0.1) is 0 Å². The van der Waals surface area contributed by atoms with E-state index in [9.17, 15) is 0 Å². The van der Waals surface area contributed by atoms with Gasteiger partial charge in [0, 0.05) is 0 Å². The molecule has 0 amide bonds. The lowest BCUT2D eigenvalue weighted by Crippen LogP contribution is -1.97. The molecule has 0 spiro atoms. The molecule has 0 unspecified atom stereocenters. The van der Waals surface area contributed by atoms with Gasteiger partial charge in [0.15, 0.2) is 0 Å². The van der Waals surface area contributed by atoms with Crippen molar-refractivity contribution < 1.29 is 4.74 Å². The van der Waals surface area contributed by atoms with Crippen LogP contribution < -0.4 is 4.74 Å². The highest BCUT2D eigenvalue weighted by atomic mass is 32.1. The number of hydrogen-bond donors (Lipinski definition) is 1. The Bertz CT molecular complexity index is 294. The van der Waals surface area contributed by atoms with E-state index in [1.165, 1.54) is 44.1 Å². The summed E-state index contributed by atoms with van der Waals surface area (Å²) < 4.78 is 5.73. The molecule has 1 aromatic carbocycles. The van der Waals surface area contributed by atoms with E-state index in [2.05, 4.69) is 43.8 Å². The predicted octanol–water partition coefficient (Wildman–Crippen LogP) is 4.90. The van der Waals surface area contributed by atoms with Gasteiger partial charge >= 0.3 is 0 Å². The molecule has 0 saturated carbocycles. The maximum atomic E-state index is 5.73. The molecule has 1 rings (SSSR count). The predicted molar refractivity (Wildman–Crippen MR) is 82.9 cm³/mol. The fraction of sp³-hybridized carbons (Fsp3) is 0.625. The van der Waals surface area contributed by atoms with Gasteiger partial charge in [0.2, 0.25) is 0 Å². The monoisotopic (exact) mass is 266 g/mol. The molecule has 0 aliphatic carbocycles. The van der Waals surface area contributed by atoms with Crippen LogP contribution in [0, 0.1) is 0 Å². The number of ether oxygens (including phenoxy) is 1. The summed E-state index contributed by atoms with van der Waals surface area (Å²) in [5.74, 6) is 2.00. The Labute approximate surface area is 117 Å². The molecule has 0 aromatic heterocycles. The van der Waals surface area contributed by atoms with Crippen LogP contribution in [0.1, 0.15) is 51.0 Å². The third-order valence-electron chi connectivity index (χ3n) is 3.06. The van der Waals surface area contributed by atoms with E-state index < -0.39 is 0 Å². The Morgan fingerprint density at radius 3 is 2.33 bits per heavy atom. The van der Waals surface area contributed by atoms with Crippen LogP contribution in [-0.2, 0) is 6.42 Å². The molecule has 0 atom stereocenters. The van der Waals surface area contributed by atoms with Crippen molar-refractivity contribution in [3.05, 3.63) is 29.8 Å². The van der Waals surface area contributed by atoms with Crippen molar-refractivity contribution in [2.75, 3.05) is 12.4 Å². The molecule has 0 aliphatic heterocycles. The van der Waals surface area contributed by atoms with Gasteiger partial charge in [0.05, 0.1) is 6.61 Å². The van der Waals surface area contributed by atoms with Crippen molar-refractivity contribution in [3.63, 3.8) is 0 Å². The number of hydrogen-bond acceptors (Lipinski definition) is 2. The van der Waals surface area contributed by atoms with Gasteiger partial charge in [-0.25, -0.2) is 0 Å². The van der Waals surface area contributed by atoms with Crippen LogP contribution >= 0.6 is 12.6 Å². The third kappa shape index (κ3) is 6.95. The van der Waals surface area contributed by atoms with Gasteiger partial charge in [-0.1, -0.05) is 38.3 Å². The molecule has 1 aromatic rings. The topological polar surface area (TPSA) is 9.23 Å². The highest BCUT2D eigenvalue weighted by Crippen LogP contribution is 2.14. The van der Waals surface area contributed by atoms with Crippen molar-refractivity contribution in [2.24, 2.45) is 0 Å². The Morgan fingerprint density at radius 2 is 1.67 bits per heavy atom. The lowest BCUT2D eigenvalue weighted by molar-refractivity contribution is 0.305. The second-order valence-electron chi connectivity index (χ2n) is 4.73. The molecule has 0 aliphatic rings. The molecule has 102 valence electrons. The zero-order valence-corrected chi connectivity index (χ0v) is 12.4. The number of aryl methyl sites for hydroxylation is 1. The van der Waals surface area contributed by atoms with Crippen molar-refractivity contribution in [3.8, 4) is 5.75 Å². The highest BCUT2D eigenvalue weighted by molar-refractivity contribution is 7.80. The molecule has 0 bridgehead atoms. The highest BCUT2D eigenvalue weighted by Gasteiger charge is 1.96. The standard InChI is InChI=1S/C16H26OS/c1-2-3-8-15-9-11-16(12-10-15)17-13-6-4-5-7-14-18/h9-12,18H,2-8,13-14H2,1H3. The molecule has 1 nitrogen and oxygen atoms in total. The molecular formula is C16H26OS. The minimum Gasteiger partial charge on any atom is -0.494 e. The Balaban J connectivity index is 2.14. The number of rotatable bonds is 10. The molecule has 0 radical (unpaired) electrons. The molecule has 2 heteroatoms. The first-order chi connectivity index (χ1) is 8.86. The molecule has 18 heavy (non-hydrogen) atoms. The lowest BCUT2D eigenvalue weighted by atomic mass is 10.1. The minimum absolute atomic E-state index is 0.834. The number of benzene rings is 1. The summed E-state index contributed by atoms with van der Waals surface area (Å²) in [6, 6.07) is 8.56. The van der Waals surface area contributed by atoms with E-state index in [1.54, 1.807) is 0 Å². The van der Waals surface area contributed by atoms with Gasteiger partial charge in [0.25, 0.3) is 0 Å². The van der Waals surface area contributed by atoms with E-state index in [1.807, 2.05) is 0 Å². The largest absolute Gasteiger partial charge is 0.494 e. The van der Waals surface area contributed by atoms with Crippen molar-refractivity contribution in [1.82, 2.24) is 0 Å². The first kappa shape index (κ1) is 15.4. The smallest absolute Gasteiger partial charge is 0.119 e. The molecule has 0 fully saturated rings. The van der Waals surface area contributed by atoms with Crippen LogP contribution in [0.3, 0.4) is 0 Å². The van der Waals surface area contributed by atoms with E-state index in [0.717, 1.165) is 24.5 Å². The van der Waals surface area contributed by atoms with Crippen molar-refractivity contribution in [1.29, 1.82) is 0 Å². The minimum atomic E-state index is 0.834.